The maximum absolute atomic E-state index is 11.5. The third kappa shape index (κ3) is 2.80. The summed E-state index contributed by atoms with van der Waals surface area (Å²) < 4.78 is 0.510. The van der Waals surface area contributed by atoms with Gasteiger partial charge in [-0.25, -0.2) is 9.59 Å². The van der Waals surface area contributed by atoms with Crippen LogP contribution in [0, 0.1) is 0 Å². The van der Waals surface area contributed by atoms with Gasteiger partial charge >= 0.3 is 12.1 Å². The Morgan fingerprint density at radius 3 is 2.35 bits per heavy atom. The average Bonchev–Trinajstić information content (AvgIpc) is 2.71. The Balaban J connectivity index is 2.09. The molecule has 0 spiro atoms. The van der Waals surface area contributed by atoms with E-state index in [4.69, 9.17) is 5.11 Å². The third-order valence-corrected chi connectivity index (χ3v) is 2.33. The van der Waals surface area contributed by atoms with Crippen LogP contribution in [0.5, 0.6) is 11.8 Å². The molecular formula is C12H10N2O6. The number of aromatic hydroxyl groups is 2. The molecule has 0 aliphatic heterocycles. The molecule has 1 heterocycles. The van der Waals surface area contributed by atoms with Crippen molar-refractivity contribution in [3.05, 3.63) is 42.0 Å². The molecule has 0 saturated heterocycles. The summed E-state index contributed by atoms with van der Waals surface area (Å²) in [5.74, 6) is -2.06. The Labute approximate surface area is 112 Å². The van der Waals surface area contributed by atoms with Gasteiger partial charge in [0.2, 0.25) is 11.8 Å². The van der Waals surface area contributed by atoms with Crippen LogP contribution in [-0.4, -0.2) is 32.1 Å². The molecule has 0 saturated carbocycles. The second-order valence-electron chi connectivity index (χ2n) is 3.73. The van der Waals surface area contributed by atoms with Gasteiger partial charge in [0, 0.05) is 17.8 Å². The van der Waals surface area contributed by atoms with Gasteiger partial charge in [-0.2, -0.15) is 0 Å². The molecular weight excluding hydrogens is 268 g/mol. The fourth-order valence-corrected chi connectivity index (χ4v) is 1.45. The van der Waals surface area contributed by atoms with Crippen LogP contribution in [0.4, 0.5) is 10.5 Å². The zero-order chi connectivity index (χ0) is 14.7. The quantitative estimate of drug-likeness (QED) is 0.670. The molecule has 104 valence electrons. The van der Waals surface area contributed by atoms with Crippen LogP contribution in [-0.2, 0) is 0 Å². The Morgan fingerprint density at radius 1 is 1.10 bits per heavy atom. The van der Waals surface area contributed by atoms with Crippen molar-refractivity contribution < 1.29 is 29.7 Å². The summed E-state index contributed by atoms with van der Waals surface area (Å²) in [5.41, 5.74) is 0.190. The van der Waals surface area contributed by atoms with E-state index in [1.165, 1.54) is 24.3 Å². The molecule has 0 bridgehead atoms. The highest BCUT2D eigenvalue weighted by Crippen LogP contribution is 2.19. The van der Waals surface area contributed by atoms with Crippen LogP contribution in [0.1, 0.15) is 10.4 Å². The third-order valence-electron chi connectivity index (χ3n) is 2.33. The van der Waals surface area contributed by atoms with Crippen LogP contribution >= 0.6 is 0 Å². The standard InChI is InChI=1S/C12H10N2O6/c15-9-4-5-10(16)14(9)20-12(19)13-8-3-1-2-7(6-8)11(17)18/h1-6,15-16H,(H,13,19)(H,17,18). The highest BCUT2D eigenvalue weighted by atomic mass is 16.7. The second kappa shape index (κ2) is 5.22. The van der Waals surface area contributed by atoms with E-state index in [2.05, 4.69) is 10.2 Å². The number of hydrogen-bond donors (Lipinski definition) is 4. The largest absolute Gasteiger partial charge is 0.492 e. The Bertz CT molecular complexity index is 644. The molecule has 0 fully saturated rings. The first-order chi connectivity index (χ1) is 9.47. The predicted octanol–water partition coefficient (Wildman–Crippen LogP) is 1.26. The number of anilines is 1. The van der Waals surface area contributed by atoms with Gasteiger partial charge in [0.05, 0.1) is 5.56 Å². The number of benzene rings is 1. The van der Waals surface area contributed by atoms with Crippen molar-refractivity contribution in [1.29, 1.82) is 0 Å². The Hall–Kier alpha value is -3.16. The molecule has 1 amide bonds. The van der Waals surface area contributed by atoms with Gasteiger partial charge in [0.1, 0.15) is 0 Å². The van der Waals surface area contributed by atoms with Gasteiger partial charge in [-0.3, -0.25) is 5.32 Å². The summed E-state index contributed by atoms with van der Waals surface area (Å²) in [6, 6.07) is 7.77. The van der Waals surface area contributed by atoms with Crippen molar-refractivity contribution in [3.8, 4) is 11.8 Å². The zero-order valence-electron chi connectivity index (χ0n) is 9.98. The van der Waals surface area contributed by atoms with Crippen molar-refractivity contribution in [2.45, 2.75) is 0 Å². The molecule has 4 N–H and O–H groups in total. The molecule has 0 aliphatic rings. The number of hydrogen-bond acceptors (Lipinski definition) is 5. The number of aromatic nitrogens is 1. The molecule has 2 aromatic rings. The number of carbonyl (C=O) groups is 2. The van der Waals surface area contributed by atoms with Crippen LogP contribution < -0.4 is 10.2 Å². The van der Waals surface area contributed by atoms with Gasteiger partial charge in [0.15, 0.2) is 0 Å². The van der Waals surface area contributed by atoms with Crippen molar-refractivity contribution in [3.63, 3.8) is 0 Å². The summed E-state index contributed by atoms with van der Waals surface area (Å²) >= 11 is 0. The van der Waals surface area contributed by atoms with Gasteiger partial charge < -0.3 is 20.2 Å². The molecule has 1 aromatic carbocycles. The van der Waals surface area contributed by atoms with Crippen LogP contribution in [0.2, 0.25) is 0 Å². The number of nitrogens with zero attached hydrogens (tertiary/aromatic N) is 1. The van der Waals surface area contributed by atoms with E-state index in [9.17, 15) is 19.8 Å². The van der Waals surface area contributed by atoms with Gasteiger partial charge in [0.25, 0.3) is 0 Å². The predicted molar refractivity (Wildman–Crippen MR) is 66.8 cm³/mol. The van der Waals surface area contributed by atoms with Crippen molar-refractivity contribution in [2.75, 3.05) is 5.32 Å². The minimum atomic E-state index is -1.14. The van der Waals surface area contributed by atoms with E-state index in [1.54, 1.807) is 0 Å². The summed E-state index contributed by atoms with van der Waals surface area (Å²) in [7, 11) is 0. The summed E-state index contributed by atoms with van der Waals surface area (Å²) in [6.07, 6.45) is -1.01. The fraction of sp³-hybridized carbons (Fsp3) is 0. The lowest BCUT2D eigenvalue weighted by Crippen LogP contribution is -2.24. The lowest BCUT2D eigenvalue weighted by atomic mass is 10.2. The van der Waals surface area contributed by atoms with Crippen LogP contribution in [0.15, 0.2) is 36.4 Å². The molecule has 8 heteroatoms. The van der Waals surface area contributed by atoms with Crippen LogP contribution in [0.3, 0.4) is 0 Å². The van der Waals surface area contributed by atoms with Crippen molar-refractivity contribution in [1.82, 2.24) is 4.73 Å². The molecule has 2 rings (SSSR count). The molecule has 0 radical (unpaired) electrons. The highest BCUT2D eigenvalue weighted by Gasteiger charge is 2.12. The first-order valence-electron chi connectivity index (χ1n) is 5.40. The van der Waals surface area contributed by atoms with E-state index < -0.39 is 23.8 Å². The minimum absolute atomic E-state index is 0.00513. The number of carboxylic acids is 1. The number of carbonyl (C=O) groups excluding carboxylic acids is 1. The number of nitrogens with one attached hydrogen (secondary N) is 1. The molecule has 8 nitrogen and oxygen atoms in total. The normalized spacial score (nSPS) is 10.0. The van der Waals surface area contributed by atoms with Gasteiger partial charge in [-0.15, -0.1) is 4.73 Å². The van der Waals surface area contributed by atoms with E-state index in [-0.39, 0.29) is 11.3 Å². The second-order valence-corrected chi connectivity index (χ2v) is 3.73. The summed E-state index contributed by atoms with van der Waals surface area (Å²) in [6.45, 7) is 0. The first kappa shape index (κ1) is 13.3. The monoisotopic (exact) mass is 278 g/mol. The number of carboxylic acid groups (broad SMARTS) is 1. The highest BCUT2D eigenvalue weighted by molar-refractivity contribution is 5.91. The maximum Gasteiger partial charge on any atom is 0.436 e. The van der Waals surface area contributed by atoms with E-state index in [0.717, 1.165) is 12.1 Å². The SMILES string of the molecule is O=C(Nc1cccc(C(=O)O)c1)On1c(O)ccc1O. The zero-order valence-corrected chi connectivity index (χ0v) is 9.98. The van der Waals surface area contributed by atoms with Crippen molar-refractivity contribution >= 4 is 17.7 Å². The topological polar surface area (TPSA) is 121 Å². The maximum atomic E-state index is 11.5. The number of aromatic carboxylic acids is 1. The molecule has 0 atom stereocenters. The molecule has 20 heavy (non-hydrogen) atoms. The summed E-state index contributed by atoms with van der Waals surface area (Å²) in [4.78, 5) is 27.0. The summed E-state index contributed by atoms with van der Waals surface area (Å²) in [5, 5.41) is 29.6. The number of rotatable bonds is 3. The fourth-order valence-electron chi connectivity index (χ4n) is 1.45. The van der Waals surface area contributed by atoms with E-state index in [1.807, 2.05) is 0 Å². The van der Waals surface area contributed by atoms with Gasteiger partial charge in [-0.1, -0.05) is 6.07 Å². The van der Waals surface area contributed by atoms with E-state index >= 15 is 0 Å². The Morgan fingerprint density at radius 2 is 1.75 bits per heavy atom. The first-order valence-corrected chi connectivity index (χ1v) is 5.40. The van der Waals surface area contributed by atoms with E-state index in [0.29, 0.717) is 4.73 Å². The Kier molecular flexibility index (Phi) is 3.47. The average molecular weight is 278 g/mol. The molecule has 1 aromatic heterocycles. The minimum Gasteiger partial charge on any atom is -0.492 e. The lowest BCUT2D eigenvalue weighted by molar-refractivity contribution is 0.0696. The van der Waals surface area contributed by atoms with Crippen molar-refractivity contribution in [2.24, 2.45) is 0 Å². The van der Waals surface area contributed by atoms with Gasteiger partial charge in [-0.05, 0) is 18.2 Å². The molecule has 0 aliphatic carbocycles. The van der Waals surface area contributed by atoms with Crippen LogP contribution in [0.25, 0.3) is 0 Å². The number of amides is 1. The lowest BCUT2D eigenvalue weighted by Gasteiger charge is -2.08. The smallest absolute Gasteiger partial charge is 0.436 e. The molecule has 0 unspecified atom stereocenters.